The van der Waals surface area contributed by atoms with Gasteiger partial charge in [-0.1, -0.05) is 36.4 Å². The fourth-order valence-electron chi connectivity index (χ4n) is 3.83. The Morgan fingerprint density at radius 1 is 0.970 bits per heavy atom. The topological polar surface area (TPSA) is 66.9 Å². The summed E-state index contributed by atoms with van der Waals surface area (Å²) in [7, 11) is 0. The summed E-state index contributed by atoms with van der Waals surface area (Å²) in [6, 6.07) is 21.1. The summed E-state index contributed by atoms with van der Waals surface area (Å²) in [4.78, 5) is 42.1. The Balaban J connectivity index is 1.60. The molecule has 0 bridgehead atoms. The van der Waals surface area contributed by atoms with Crippen LogP contribution in [0, 0.1) is 0 Å². The van der Waals surface area contributed by atoms with Gasteiger partial charge < -0.3 is 9.64 Å². The van der Waals surface area contributed by atoms with E-state index in [0.29, 0.717) is 36.7 Å². The highest BCUT2D eigenvalue weighted by Gasteiger charge is 2.37. The average Bonchev–Trinajstić information content (AvgIpc) is 3.09. The normalized spacial score (nSPS) is 12.5. The van der Waals surface area contributed by atoms with Crippen molar-refractivity contribution in [1.29, 1.82) is 0 Å². The summed E-state index contributed by atoms with van der Waals surface area (Å²) in [5, 5.41) is 0. The van der Waals surface area contributed by atoms with Gasteiger partial charge >= 0.3 is 0 Å². The molecule has 0 aliphatic carbocycles. The van der Waals surface area contributed by atoms with Crippen molar-refractivity contribution in [2.75, 3.05) is 18.1 Å². The molecule has 166 valence electrons. The summed E-state index contributed by atoms with van der Waals surface area (Å²) in [5.74, 6) is -0.440. The van der Waals surface area contributed by atoms with Crippen LogP contribution in [0.5, 0.6) is 5.75 Å². The van der Waals surface area contributed by atoms with E-state index in [9.17, 15) is 14.4 Å². The minimum absolute atomic E-state index is 0.220. The number of benzene rings is 3. The van der Waals surface area contributed by atoms with E-state index < -0.39 is 11.8 Å². The lowest BCUT2D eigenvalue weighted by molar-refractivity contribution is 0.0762. The maximum atomic E-state index is 13.2. The van der Waals surface area contributed by atoms with E-state index in [1.54, 1.807) is 47.4 Å². The summed E-state index contributed by atoms with van der Waals surface area (Å²) in [6.45, 7) is 6.92. The van der Waals surface area contributed by atoms with Crippen LogP contribution >= 0.6 is 0 Å². The minimum Gasteiger partial charge on any atom is -0.494 e. The second-order valence-corrected chi connectivity index (χ2v) is 7.59. The third-order valence-electron chi connectivity index (χ3n) is 5.39. The zero-order valence-corrected chi connectivity index (χ0v) is 18.4. The Hall–Kier alpha value is -4.19. The molecule has 0 atom stereocenters. The smallest absolute Gasteiger partial charge is 0.266 e. The fraction of sp³-hybridized carbons (Fsp3) is 0.148. The van der Waals surface area contributed by atoms with Crippen molar-refractivity contribution in [2.45, 2.75) is 13.5 Å². The van der Waals surface area contributed by atoms with Gasteiger partial charge in [0.25, 0.3) is 17.7 Å². The van der Waals surface area contributed by atoms with Crippen LogP contribution in [0.1, 0.15) is 43.6 Å². The molecule has 3 amide bonds. The van der Waals surface area contributed by atoms with Gasteiger partial charge in [0.05, 0.1) is 23.4 Å². The van der Waals surface area contributed by atoms with Crippen LogP contribution in [-0.2, 0) is 6.54 Å². The van der Waals surface area contributed by atoms with Crippen LogP contribution in [0.15, 0.2) is 85.5 Å². The third kappa shape index (κ3) is 4.41. The zero-order valence-electron chi connectivity index (χ0n) is 18.4. The molecular weight excluding hydrogens is 416 g/mol. The Morgan fingerprint density at radius 3 is 2.33 bits per heavy atom. The van der Waals surface area contributed by atoms with Gasteiger partial charge in [-0.05, 0) is 55.0 Å². The van der Waals surface area contributed by atoms with Crippen molar-refractivity contribution < 1.29 is 19.1 Å². The van der Waals surface area contributed by atoms with Crippen LogP contribution in [0.2, 0.25) is 0 Å². The largest absolute Gasteiger partial charge is 0.494 e. The molecule has 1 aliphatic rings. The van der Waals surface area contributed by atoms with Crippen molar-refractivity contribution in [1.82, 2.24) is 4.90 Å². The maximum absolute atomic E-state index is 13.2. The molecule has 0 N–H and O–H groups in total. The van der Waals surface area contributed by atoms with Gasteiger partial charge in [-0.15, -0.1) is 6.58 Å². The van der Waals surface area contributed by atoms with Gasteiger partial charge in [0.1, 0.15) is 5.75 Å². The SMILES string of the molecule is C=CCN(Cc1ccccc1)C(=O)c1ccc2c(c1)C(=O)N(c1ccc(OCC)cc1)C2=O. The molecular formula is C27H24N2O4. The highest BCUT2D eigenvalue weighted by molar-refractivity contribution is 6.34. The molecule has 1 heterocycles. The Kier molecular flexibility index (Phi) is 6.36. The number of hydrogen-bond acceptors (Lipinski definition) is 4. The predicted octanol–water partition coefficient (Wildman–Crippen LogP) is 4.71. The Morgan fingerprint density at radius 2 is 1.67 bits per heavy atom. The molecule has 4 rings (SSSR count). The van der Waals surface area contributed by atoms with Gasteiger partial charge in [-0.2, -0.15) is 0 Å². The molecule has 0 unspecified atom stereocenters. The molecule has 0 spiro atoms. The van der Waals surface area contributed by atoms with E-state index in [1.807, 2.05) is 37.3 Å². The monoisotopic (exact) mass is 440 g/mol. The van der Waals surface area contributed by atoms with Gasteiger partial charge in [0.15, 0.2) is 0 Å². The molecule has 0 saturated carbocycles. The van der Waals surface area contributed by atoms with E-state index in [-0.39, 0.29) is 17.0 Å². The lowest BCUT2D eigenvalue weighted by Gasteiger charge is -2.21. The van der Waals surface area contributed by atoms with Gasteiger partial charge in [0.2, 0.25) is 0 Å². The van der Waals surface area contributed by atoms with E-state index in [1.165, 1.54) is 6.07 Å². The average molecular weight is 440 g/mol. The highest BCUT2D eigenvalue weighted by atomic mass is 16.5. The molecule has 33 heavy (non-hydrogen) atoms. The van der Waals surface area contributed by atoms with Gasteiger partial charge in [0, 0.05) is 18.7 Å². The zero-order chi connectivity index (χ0) is 23.4. The van der Waals surface area contributed by atoms with E-state index in [4.69, 9.17) is 4.74 Å². The van der Waals surface area contributed by atoms with Crippen molar-refractivity contribution in [3.05, 3.63) is 108 Å². The summed E-state index contributed by atoms with van der Waals surface area (Å²) >= 11 is 0. The van der Waals surface area contributed by atoms with Crippen LogP contribution < -0.4 is 9.64 Å². The van der Waals surface area contributed by atoms with Crippen molar-refractivity contribution in [2.24, 2.45) is 0 Å². The molecule has 0 fully saturated rings. The fourth-order valence-corrected chi connectivity index (χ4v) is 3.83. The summed E-state index contributed by atoms with van der Waals surface area (Å²) < 4.78 is 5.43. The molecule has 3 aromatic carbocycles. The second kappa shape index (κ2) is 9.53. The molecule has 0 aromatic heterocycles. The maximum Gasteiger partial charge on any atom is 0.266 e. The summed E-state index contributed by atoms with van der Waals surface area (Å²) in [6.07, 6.45) is 1.66. The number of anilines is 1. The van der Waals surface area contributed by atoms with Crippen LogP contribution in [0.25, 0.3) is 0 Å². The first-order valence-electron chi connectivity index (χ1n) is 10.7. The lowest BCUT2D eigenvalue weighted by atomic mass is 10.0. The molecule has 0 saturated heterocycles. The number of amides is 3. The second-order valence-electron chi connectivity index (χ2n) is 7.59. The number of hydrogen-bond donors (Lipinski definition) is 0. The number of rotatable bonds is 8. The first-order chi connectivity index (χ1) is 16.0. The minimum atomic E-state index is -0.452. The van der Waals surface area contributed by atoms with E-state index in [2.05, 4.69) is 6.58 Å². The summed E-state index contributed by atoms with van der Waals surface area (Å²) in [5.41, 5.74) is 2.29. The molecule has 1 aliphatic heterocycles. The van der Waals surface area contributed by atoms with Crippen LogP contribution in [0.3, 0.4) is 0 Å². The Labute approximate surface area is 192 Å². The number of imide groups is 1. The first kappa shape index (κ1) is 22.0. The lowest BCUT2D eigenvalue weighted by Crippen LogP contribution is -2.31. The molecule has 0 radical (unpaired) electrons. The number of fused-ring (bicyclic) bond motifs is 1. The highest BCUT2D eigenvalue weighted by Crippen LogP contribution is 2.30. The van der Waals surface area contributed by atoms with E-state index >= 15 is 0 Å². The van der Waals surface area contributed by atoms with Crippen LogP contribution in [-0.4, -0.2) is 35.8 Å². The third-order valence-corrected chi connectivity index (χ3v) is 5.39. The predicted molar refractivity (Wildman–Crippen MR) is 127 cm³/mol. The van der Waals surface area contributed by atoms with Gasteiger partial charge in [-0.25, -0.2) is 4.90 Å². The number of nitrogens with zero attached hydrogens (tertiary/aromatic N) is 2. The number of carbonyl (C=O) groups is 3. The van der Waals surface area contributed by atoms with Crippen molar-refractivity contribution >= 4 is 23.4 Å². The standard InChI is InChI=1S/C27H24N2O4/c1-3-16-28(18-19-8-6-5-7-9-19)25(30)20-10-15-23-24(17-20)27(32)29(26(23)31)21-11-13-22(14-12-21)33-4-2/h3,5-15,17H,1,4,16,18H2,2H3. The van der Waals surface area contributed by atoms with E-state index in [0.717, 1.165) is 10.5 Å². The number of carbonyl (C=O) groups excluding carboxylic acids is 3. The molecule has 6 heteroatoms. The van der Waals surface area contributed by atoms with Crippen LogP contribution in [0.4, 0.5) is 5.69 Å². The molecule has 3 aromatic rings. The van der Waals surface area contributed by atoms with Gasteiger partial charge in [-0.3, -0.25) is 14.4 Å². The Bertz CT molecular complexity index is 1200. The quantitative estimate of drug-likeness (QED) is 0.376. The number of ether oxygens (including phenoxy) is 1. The first-order valence-corrected chi connectivity index (χ1v) is 10.7. The molecule has 6 nitrogen and oxygen atoms in total. The van der Waals surface area contributed by atoms with Crippen molar-refractivity contribution in [3.63, 3.8) is 0 Å². The van der Waals surface area contributed by atoms with Crippen molar-refractivity contribution in [3.8, 4) is 5.75 Å².